The summed E-state index contributed by atoms with van der Waals surface area (Å²) >= 11 is 0. The largest absolute Gasteiger partial charge is 0.391 e. The van der Waals surface area contributed by atoms with Crippen molar-refractivity contribution in [3.63, 3.8) is 0 Å². The molecule has 2 unspecified atom stereocenters. The molecule has 0 aromatic heterocycles. The van der Waals surface area contributed by atoms with E-state index in [0.29, 0.717) is 26.1 Å². The van der Waals surface area contributed by atoms with Gasteiger partial charge in [0.25, 0.3) is 0 Å². The van der Waals surface area contributed by atoms with Gasteiger partial charge in [0.05, 0.1) is 24.4 Å². The Balaban J connectivity index is 2.69. The van der Waals surface area contributed by atoms with Crippen molar-refractivity contribution in [3.8, 4) is 6.07 Å². The molecule has 1 rings (SSSR count). The Morgan fingerprint density at radius 2 is 2.31 bits per heavy atom. The number of aliphatic hydroxyl groups is 1. The van der Waals surface area contributed by atoms with Crippen LogP contribution in [0.4, 0.5) is 0 Å². The highest BCUT2D eigenvalue weighted by molar-refractivity contribution is 5.06. The van der Waals surface area contributed by atoms with Crippen molar-refractivity contribution in [1.29, 1.82) is 5.26 Å². The molecule has 0 bridgehead atoms. The summed E-state index contributed by atoms with van der Waals surface area (Å²) < 4.78 is 10.6. The molecule has 1 fully saturated rings. The summed E-state index contributed by atoms with van der Waals surface area (Å²) in [5.41, 5.74) is -1.17. The molecule has 1 aliphatic heterocycles. The maximum Gasteiger partial charge on any atom is 0.107 e. The topological polar surface area (TPSA) is 62.5 Å². The number of rotatable bonds is 4. The molecule has 0 aliphatic carbocycles. The van der Waals surface area contributed by atoms with Crippen LogP contribution in [0.2, 0.25) is 0 Å². The summed E-state index contributed by atoms with van der Waals surface area (Å²) in [6, 6.07) is 2.23. The third-order valence-electron chi connectivity index (χ3n) is 3.37. The molecule has 2 atom stereocenters. The number of hydrogen-bond donors (Lipinski definition) is 1. The molecule has 0 aromatic rings. The van der Waals surface area contributed by atoms with E-state index >= 15 is 0 Å². The molecule has 1 aliphatic rings. The third-order valence-corrected chi connectivity index (χ3v) is 3.37. The smallest absolute Gasteiger partial charge is 0.107 e. The zero-order valence-corrected chi connectivity index (χ0v) is 10.3. The molecule has 0 spiro atoms. The van der Waals surface area contributed by atoms with E-state index in [1.54, 1.807) is 7.11 Å². The standard InChI is InChI=1S/C12H21NO3/c1-11(2,15-3)7-10(14)12(8-13)5-4-6-16-9-12/h10,14H,4-7,9H2,1-3H3. The molecular formula is C12H21NO3. The van der Waals surface area contributed by atoms with E-state index in [4.69, 9.17) is 9.47 Å². The summed E-state index contributed by atoms with van der Waals surface area (Å²) in [5.74, 6) is 0. The molecule has 4 heteroatoms. The van der Waals surface area contributed by atoms with Gasteiger partial charge in [-0.25, -0.2) is 0 Å². The van der Waals surface area contributed by atoms with Gasteiger partial charge >= 0.3 is 0 Å². The molecule has 0 saturated carbocycles. The first kappa shape index (κ1) is 13.4. The second-order valence-electron chi connectivity index (χ2n) is 5.11. The molecule has 1 heterocycles. The lowest BCUT2D eigenvalue weighted by Crippen LogP contribution is -2.45. The fraction of sp³-hybridized carbons (Fsp3) is 0.917. The second kappa shape index (κ2) is 5.13. The first-order valence-electron chi connectivity index (χ1n) is 5.68. The average molecular weight is 227 g/mol. The molecule has 4 nitrogen and oxygen atoms in total. The van der Waals surface area contributed by atoms with E-state index in [2.05, 4.69) is 6.07 Å². The lowest BCUT2D eigenvalue weighted by Gasteiger charge is -2.38. The summed E-state index contributed by atoms with van der Waals surface area (Å²) in [7, 11) is 1.61. The van der Waals surface area contributed by atoms with Crippen molar-refractivity contribution in [3.05, 3.63) is 0 Å². The number of nitriles is 1. The van der Waals surface area contributed by atoms with Crippen molar-refractivity contribution in [1.82, 2.24) is 0 Å². The third kappa shape index (κ3) is 2.94. The zero-order chi connectivity index (χ0) is 12.2. The van der Waals surface area contributed by atoms with Gasteiger partial charge in [-0.3, -0.25) is 0 Å². The van der Waals surface area contributed by atoms with Gasteiger partial charge in [-0.05, 0) is 26.7 Å². The average Bonchev–Trinajstić information content (AvgIpc) is 2.29. The van der Waals surface area contributed by atoms with Gasteiger partial charge in [-0.15, -0.1) is 0 Å². The van der Waals surface area contributed by atoms with Crippen LogP contribution in [0.5, 0.6) is 0 Å². The first-order valence-corrected chi connectivity index (χ1v) is 5.68. The number of hydrogen-bond acceptors (Lipinski definition) is 4. The fourth-order valence-corrected chi connectivity index (χ4v) is 1.99. The van der Waals surface area contributed by atoms with Crippen LogP contribution >= 0.6 is 0 Å². The summed E-state index contributed by atoms with van der Waals surface area (Å²) in [5, 5.41) is 19.5. The minimum absolute atomic E-state index is 0.324. The molecule has 0 amide bonds. The second-order valence-corrected chi connectivity index (χ2v) is 5.11. The number of aliphatic hydroxyl groups excluding tert-OH is 1. The van der Waals surface area contributed by atoms with Crippen LogP contribution in [-0.4, -0.2) is 37.1 Å². The van der Waals surface area contributed by atoms with Crippen LogP contribution in [0.3, 0.4) is 0 Å². The van der Waals surface area contributed by atoms with E-state index in [-0.39, 0.29) is 0 Å². The van der Waals surface area contributed by atoms with Crippen molar-refractivity contribution in [2.75, 3.05) is 20.3 Å². The first-order chi connectivity index (χ1) is 7.46. The van der Waals surface area contributed by atoms with Crippen molar-refractivity contribution in [2.24, 2.45) is 5.41 Å². The van der Waals surface area contributed by atoms with Crippen molar-refractivity contribution < 1.29 is 14.6 Å². The summed E-state index contributed by atoms with van der Waals surface area (Å²) in [4.78, 5) is 0. The van der Waals surface area contributed by atoms with E-state index in [9.17, 15) is 10.4 Å². The maximum absolute atomic E-state index is 10.2. The normalized spacial score (nSPS) is 28.4. The van der Waals surface area contributed by atoms with Crippen LogP contribution < -0.4 is 0 Å². The summed E-state index contributed by atoms with van der Waals surface area (Å²) in [6.07, 6.45) is 1.27. The monoisotopic (exact) mass is 227 g/mol. The van der Waals surface area contributed by atoms with E-state index in [0.717, 1.165) is 6.42 Å². The van der Waals surface area contributed by atoms with Gasteiger partial charge in [-0.2, -0.15) is 5.26 Å². The van der Waals surface area contributed by atoms with Gasteiger partial charge < -0.3 is 14.6 Å². The molecular weight excluding hydrogens is 206 g/mol. The lowest BCUT2D eigenvalue weighted by molar-refractivity contribution is -0.0878. The number of nitrogens with zero attached hydrogens (tertiary/aromatic N) is 1. The van der Waals surface area contributed by atoms with E-state index in [1.165, 1.54) is 0 Å². The minimum atomic E-state index is -0.756. The van der Waals surface area contributed by atoms with Gasteiger partial charge in [-0.1, -0.05) is 0 Å². The Morgan fingerprint density at radius 3 is 2.75 bits per heavy atom. The Labute approximate surface area is 97.2 Å². The van der Waals surface area contributed by atoms with Crippen LogP contribution in [0.1, 0.15) is 33.1 Å². The highest BCUT2D eigenvalue weighted by atomic mass is 16.5. The van der Waals surface area contributed by atoms with Gasteiger partial charge in [0.1, 0.15) is 5.41 Å². The van der Waals surface area contributed by atoms with Gasteiger partial charge in [0.15, 0.2) is 0 Å². The number of methoxy groups -OCH3 is 1. The van der Waals surface area contributed by atoms with E-state index < -0.39 is 17.1 Å². The predicted octanol–water partition coefficient (Wildman–Crippen LogP) is 1.48. The Kier molecular flexibility index (Phi) is 4.31. The molecule has 16 heavy (non-hydrogen) atoms. The van der Waals surface area contributed by atoms with Crippen LogP contribution in [0, 0.1) is 16.7 Å². The highest BCUT2D eigenvalue weighted by Crippen LogP contribution is 2.35. The lowest BCUT2D eigenvalue weighted by atomic mass is 9.75. The molecule has 0 aromatic carbocycles. The minimum Gasteiger partial charge on any atom is -0.391 e. The molecule has 1 saturated heterocycles. The molecule has 1 N–H and O–H groups in total. The molecule has 92 valence electrons. The zero-order valence-electron chi connectivity index (χ0n) is 10.3. The van der Waals surface area contributed by atoms with Gasteiger partial charge in [0, 0.05) is 20.1 Å². The highest BCUT2D eigenvalue weighted by Gasteiger charge is 2.42. The fourth-order valence-electron chi connectivity index (χ4n) is 1.99. The Bertz CT molecular complexity index is 264. The molecule has 0 radical (unpaired) electrons. The van der Waals surface area contributed by atoms with Crippen LogP contribution in [-0.2, 0) is 9.47 Å². The van der Waals surface area contributed by atoms with Crippen LogP contribution in [0.25, 0.3) is 0 Å². The van der Waals surface area contributed by atoms with Gasteiger partial charge in [0.2, 0.25) is 0 Å². The van der Waals surface area contributed by atoms with Crippen LogP contribution in [0.15, 0.2) is 0 Å². The maximum atomic E-state index is 10.2. The summed E-state index contributed by atoms with van der Waals surface area (Å²) in [6.45, 7) is 4.82. The van der Waals surface area contributed by atoms with E-state index in [1.807, 2.05) is 13.8 Å². The Hall–Kier alpha value is -0.630. The van der Waals surface area contributed by atoms with Crippen molar-refractivity contribution >= 4 is 0 Å². The van der Waals surface area contributed by atoms with Crippen molar-refractivity contribution in [2.45, 2.75) is 44.8 Å². The SMILES string of the molecule is COC(C)(C)CC(O)C1(C#N)CCCOC1. The number of ether oxygens (including phenoxy) is 2. The Morgan fingerprint density at radius 1 is 1.62 bits per heavy atom. The quantitative estimate of drug-likeness (QED) is 0.790. The predicted molar refractivity (Wildman–Crippen MR) is 59.8 cm³/mol.